The first kappa shape index (κ1) is 21.7. The fourth-order valence-electron chi connectivity index (χ4n) is 2.76. The Balaban J connectivity index is 0.00000312. The summed E-state index contributed by atoms with van der Waals surface area (Å²) in [5.74, 6) is 0.625. The second-order valence-corrected chi connectivity index (χ2v) is 6.02. The van der Waals surface area contributed by atoms with Crippen molar-refractivity contribution in [3.8, 4) is 0 Å². The number of likely N-dealkylation sites (tertiary alicyclic amines) is 1. The second-order valence-electron chi connectivity index (χ2n) is 6.02. The lowest BCUT2D eigenvalue weighted by molar-refractivity contribution is -0.120. The molecule has 1 heterocycles. The number of carbonyl (C=O) groups excluding carboxylic acids is 1. The highest BCUT2D eigenvalue weighted by atomic mass is 127. The topological polar surface area (TPSA) is 68.8 Å². The lowest BCUT2D eigenvalue weighted by Crippen LogP contribution is -2.45. The molecule has 7 heteroatoms. The Morgan fingerprint density at radius 3 is 2.48 bits per heavy atom. The van der Waals surface area contributed by atoms with Crippen molar-refractivity contribution >= 4 is 35.8 Å². The highest BCUT2D eigenvalue weighted by Gasteiger charge is 2.09. The van der Waals surface area contributed by atoms with Crippen molar-refractivity contribution in [3.05, 3.63) is 35.9 Å². The van der Waals surface area contributed by atoms with Gasteiger partial charge in [0, 0.05) is 26.7 Å². The number of carbonyl (C=O) groups is 1. The molecular formula is C18H30IN5O. The van der Waals surface area contributed by atoms with Gasteiger partial charge in [-0.1, -0.05) is 36.8 Å². The van der Waals surface area contributed by atoms with E-state index in [9.17, 15) is 4.79 Å². The van der Waals surface area contributed by atoms with Gasteiger partial charge in [-0.3, -0.25) is 9.79 Å². The van der Waals surface area contributed by atoms with E-state index in [1.165, 1.54) is 32.4 Å². The molecule has 1 aromatic carbocycles. The van der Waals surface area contributed by atoms with Gasteiger partial charge in [-0.15, -0.1) is 24.0 Å². The average molecular weight is 459 g/mol. The summed E-state index contributed by atoms with van der Waals surface area (Å²) in [5, 5.41) is 9.21. The minimum Gasteiger partial charge on any atom is -0.355 e. The highest BCUT2D eigenvalue weighted by Crippen LogP contribution is 2.07. The van der Waals surface area contributed by atoms with E-state index in [2.05, 4.69) is 25.8 Å². The predicted molar refractivity (Wildman–Crippen MR) is 113 cm³/mol. The van der Waals surface area contributed by atoms with Crippen LogP contribution in [0.1, 0.15) is 24.8 Å². The summed E-state index contributed by atoms with van der Waals surface area (Å²) in [7, 11) is 1.72. The first-order chi connectivity index (χ1) is 11.8. The van der Waals surface area contributed by atoms with Gasteiger partial charge in [0.15, 0.2) is 5.96 Å². The van der Waals surface area contributed by atoms with E-state index in [1.807, 2.05) is 30.3 Å². The number of hydrogen-bond acceptors (Lipinski definition) is 3. The third kappa shape index (κ3) is 9.06. The molecule has 6 nitrogen and oxygen atoms in total. The molecule has 25 heavy (non-hydrogen) atoms. The van der Waals surface area contributed by atoms with Gasteiger partial charge in [0.05, 0.1) is 6.54 Å². The van der Waals surface area contributed by atoms with Gasteiger partial charge in [-0.2, -0.15) is 0 Å². The number of hydrogen-bond donors (Lipinski definition) is 3. The number of rotatable bonds is 7. The number of aliphatic imine (C=N–C) groups is 1. The Kier molecular flexibility index (Phi) is 11.2. The smallest absolute Gasteiger partial charge is 0.239 e. The minimum atomic E-state index is -0.0437. The van der Waals surface area contributed by atoms with E-state index in [-0.39, 0.29) is 36.4 Å². The summed E-state index contributed by atoms with van der Waals surface area (Å²) in [4.78, 5) is 18.5. The number of nitrogens with one attached hydrogen (secondary N) is 3. The summed E-state index contributed by atoms with van der Waals surface area (Å²) in [6.45, 7) is 5.00. The molecule has 1 aliphatic heterocycles. The lowest BCUT2D eigenvalue weighted by atomic mass is 10.1. The van der Waals surface area contributed by atoms with Crippen LogP contribution in [0.4, 0.5) is 0 Å². The van der Waals surface area contributed by atoms with Gasteiger partial charge < -0.3 is 20.9 Å². The number of nitrogens with zero attached hydrogens (tertiary/aromatic N) is 2. The van der Waals surface area contributed by atoms with E-state index in [0.717, 1.165) is 18.7 Å². The van der Waals surface area contributed by atoms with Crippen molar-refractivity contribution in [2.45, 2.75) is 25.8 Å². The van der Waals surface area contributed by atoms with Gasteiger partial charge in [0.25, 0.3) is 0 Å². The van der Waals surface area contributed by atoms with Crippen molar-refractivity contribution in [2.75, 3.05) is 39.8 Å². The molecule has 1 fully saturated rings. The van der Waals surface area contributed by atoms with Crippen LogP contribution in [-0.2, 0) is 11.3 Å². The predicted octanol–water partition coefficient (Wildman–Crippen LogP) is 1.57. The Morgan fingerprint density at radius 2 is 1.80 bits per heavy atom. The molecule has 0 atom stereocenters. The molecule has 0 saturated carbocycles. The standard InChI is InChI=1S/C18H29N5O.HI/c1-19-18(20-10-13-23-11-6-3-7-12-23)22-15-17(24)21-14-16-8-4-2-5-9-16;/h2,4-5,8-9H,3,6-7,10-15H2,1H3,(H,21,24)(H2,19,20,22);1H. The molecule has 0 bridgehead atoms. The molecule has 0 aromatic heterocycles. The fraction of sp³-hybridized carbons (Fsp3) is 0.556. The average Bonchev–Trinajstić information content (AvgIpc) is 2.64. The quantitative estimate of drug-likeness (QED) is 0.329. The van der Waals surface area contributed by atoms with Crippen molar-refractivity contribution in [3.63, 3.8) is 0 Å². The molecule has 1 aromatic rings. The Labute approximate surface area is 167 Å². The lowest BCUT2D eigenvalue weighted by Gasteiger charge is -2.26. The summed E-state index contributed by atoms with van der Waals surface area (Å²) in [5.41, 5.74) is 1.09. The first-order valence-corrected chi connectivity index (χ1v) is 8.75. The third-order valence-corrected chi connectivity index (χ3v) is 4.14. The van der Waals surface area contributed by atoms with Crippen molar-refractivity contribution < 1.29 is 4.79 Å². The second kappa shape index (κ2) is 12.9. The number of benzene rings is 1. The van der Waals surface area contributed by atoms with Crippen LogP contribution in [0.3, 0.4) is 0 Å². The molecule has 1 aliphatic rings. The van der Waals surface area contributed by atoms with Crippen LogP contribution in [-0.4, -0.2) is 56.5 Å². The first-order valence-electron chi connectivity index (χ1n) is 8.75. The van der Waals surface area contributed by atoms with Crippen LogP contribution in [0, 0.1) is 0 Å². The van der Waals surface area contributed by atoms with Crippen molar-refractivity contribution in [2.24, 2.45) is 4.99 Å². The van der Waals surface area contributed by atoms with E-state index in [0.29, 0.717) is 12.5 Å². The molecular weight excluding hydrogens is 429 g/mol. The summed E-state index contributed by atoms with van der Waals surface area (Å²) >= 11 is 0. The molecule has 3 N–H and O–H groups in total. The van der Waals surface area contributed by atoms with Crippen LogP contribution in [0.5, 0.6) is 0 Å². The van der Waals surface area contributed by atoms with Crippen LogP contribution >= 0.6 is 24.0 Å². The van der Waals surface area contributed by atoms with E-state index >= 15 is 0 Å². The van der Waals surface area contributed by atoms with E-state index in [1.54, 1.807) is 7.05 Å². The third-order valence-electron chi connectivity index (χ3n) is 4.14. The Bertz CT molecular complexity index is 517. The maximum atomic E-state index is 11.9. The molecule has 140 valence electrons. The SMILES string of the molecule is CN=C(NCCN1CCCCC1)NCC(=O)NCc1ccccc1.I. The normalized spacial score (nSPS) is 15.2. The number of piperidine rings is 1. The Morgan fingerprint density at radius 1 is 1.08 bits per heavy atom. The van der Waals surface area contributed by atoms with Gasteiger partial charge >= 0.3 is 0 Å². The molecule has 2 rings (SSSR count). The van der Waals surface area contributed by atoms with Crippen molar-refractivity contribution in [1.29, 1.82) is 0 Å². The van der Waals surface area contributed by atoms with Crippen LogP contribution in [0.15, 0.2) is 35.3 Å². The maximum Gasteiger partial charge on any atom is 0.239 e. The van der Waals surface area contributed by atoms with Gasteiger partial charge in [-0.05, 0) is 31.5 Å². The Hall–Kier alpha value is -1.35. The minimum absolute atomic E-state index is 0. The van der Waals surface area contributed by atoms with E-state index < -0.39 is 0 Å². The molecule has 0 aliphatic carbocycles. The number of amides is 1. The summed E-state index contributed by atoms with van der Waals surface area (Å²) in [6.07, 6.45) is 3.95. The number of guanidine groups is 1. The molecule has 0 spiro atoms. The van der Waals surface area contributed by atoms with Crippen LogP contribution < -0.4 is 16.0 Å². The van der Waals surface area contributed by atoms with Crippen LogP contribution in [0.2, 0.25) is 0 Å². The molecule has 0 unspecified atom stereocenters. The summed E-state index contributed by atoms with van der Waals surface area (Å²) in [6, 6.07) is 9.89. The molecule has 0 radical (unpaired) electrons. The van der Waals surface area contributed by atoms with Crippen molar-refractivity contribution in [1.82, 2.24) is 20.9 Å². The fourth-order valence-corrected chi connectivity index (χ4v) is 2.76. The van der Waals surface area contributed by atoms with Gasteiger partial charge in [-0.25, -0.2) is 0 Å². The monoisotopic (exact) mass is 459 g/mol. The van der Waals surface area contributed by atoms with Gasteiger partial charge in [0.2, 0.25) is 5.91 Å². The van der Waals surface area contributed by atoms with Crippen LogP contribution in [0.25, 0.3) is 0 Å². The maximum absolute atomic E-state index is 11.9. The van der Waals surface area contributed by atoms with Gasteiger partial charge in [0.1, 0.15) is 0 Å². The zero-order valence-corrected chi connectivity index (χ0v) is 17.3. The zero-order chi connectivity index (χ0) is 17.0. The number of halogens is 1. The largest absolute Gasteiger partial charge is 0.355 e. The van der Waals surface area contributed by atoms with E-state index in [4.69, 9.17) is 0 Å². The molecule has 1 saturated heterocycles. The highest BCUT2D eigenvalue weighted by molar-refractivity contribution is 14.0. The molecule has 1 amide bonds. The zero-order valence-electron chi connectivity index (χ0n) is 15.0. The summed E-state index contributed by atoms with van der Waals surface area (Å²) < 4.78 is 0.